The first-order valence-electron chi connectivity index (χ1n) is 9.53. The van der Waals surface area contributed by atoms with Crippen molar-refractivity contribution in [2.45, 2.75) is 31.9 Å². The van der Waals surface area contributed by atoms with Gasteiger partial charge in [0.25, 0.3) is 0 Å². The van der Waals surface area contributed by atoms with Crippen LogP contribution in [0.3, 0.4) is 0 Å². The number of likely N-dealkylation sites (tertiary alicyclic amines) is 2. The van der Waals surface area contributed by atoms with Crippen molar-refractivity contribution in [2.75, 3.05) is 46.9 Å². The lowest BCUT2D eigenvalue weighted by molar-refractivity contribution is 0.0906. The van der Waals surface area contributed by atoms with Crippen LogP contribution >= 0.6 is 0 Å². The third kappa shape index (κ3) is 5.19. The van der Waals surface area contributed by atoms with Gasteiger partial charge in [0.1, 0.15) is 0 Å². The SMILES string of the molecule is CN=C(NCC1CCCN1C)N1CCC(COCc2ccccc2)C1. The lowest BCUT2D eigenvalue weighted by Crippen LogP contribution is -2.45. The first kappa shape index (κ1) is 18.2. The van der Waals surface area contributed by atoms with Crippen LogP contribution in [0.1, 0.15) is 24.8 Å². The van der Waals surface area contributed by atoms with Crippen molar-refractivity contribution in [3.63, 3.8) is 0 Å². The Bertz CT molecular complexity index is 548. The van der Waals surface area contributed by atoms with Gasteiger partial charge in [-0.2, -0.15) is 0 Å². The number of ether oxygens (including phenoxy) is 1. The summed E-state index contributed by atoms with van der Waals surface area (Å²) in [5.74, 6) is 1.64. The maximum absolute atomic E-state index is 5.93. The predicted octanol–water partition coefficient (Wildman–Crippen LogP) is 2.19. The van der Waals surface area contributed by atoms with Crippen molar-refractivity contribution in [3.05, 3.63) is 35.9 Å². The van der Waals surface area contributed by atoms with Gasteiger partial charge in [0.2, 0.25) is 0 Å². The number of benzene rings is 1. The molecule has 0 aromatic heterocycles. The minimum Gasteiger partial charge on any atom is -0.376 e. The van der Waals surface area contributed by atoms with E-state index in [9.17, 15) is 0 Å². The van der Waals surface area contributed by atoms with Crippen LogP contribution in [-0.4, -0.2) is 68.7 Å². The number of hydrogen-bond donors (Lipinski definition) is 1. The fourth-order valence-electron chi connectivity index (χ4n) is 3.86. The zero-order valence-corrected chi connectivity index (χ0v) is 15.7. The molecule has 1 N–H and O–H groups in total. The minimum atomic E-state index is 0.594. The molecule has 0 amide bonds. The highest BCUT2D eigenvalue weighted by Crippen LogP contribution is 2.18. The molecule has 2 saturated heterocycles. The molecule has 138 valence electrons. The van der Waals surface area contributed by atoms with Gasteiger partial charge in [-0.15, -0.1) is 0 Å². The molecule has 0 spiro atoms. The van der Waals surface area contributed by atoms with Gasteiger partial charge in [0.05, 0.1) is 13.2 Å². The minimum absolute atomic E-state index is 0.594. The van der Waals surface area contributed by atoms with Crippen LogP contribution < -0.4 is 5.32 Å². The zero-order valence-electron chi connectivity index (χ0n) is 15.7. The second-order valence-corrected chi connectivity index (χ2v) is 7.31. The molecule has 0 saturated carbocycles. The molecule has 1 aromatic carbocycles. The van der Waals surface area contributed by atoms with Crippen molar-refractivity contribution >= 4 is 5.96 Å². The Balaban J connectivity index is 1.38. The molecule has 1 aromatic rings. The summed E-state index contributed by atoms with van der Waals surface area (Å²) in [6.07, 6.45) is 3.78. The van der Waals surface area contributed by atoms with Crippen LogP contribution in [0.4, 0.5) is 0 Å². The number of likely N-dealkylation sites (N-methyl/N-ethyl adjacent to an activating group) is 1. The molecule has 0 radical (unpaired) electrons. The Morgan fingerprint density at radius 3 is 2.80 bits per heavy atom. The average Bonchev–Trinajstić information content (AvgIpc) is 3.26. The Hall–Kier alpha value is -1.59. The summed E-state index contributed by atoms with van der Waals surface area (Å²) >= 11 is 0. The molecular weight excluding hydrogens is 312 g/mol. The smallest absolute Gasteiger partial charge is 0.193 e. The van der Waals surface area contributed by atoms with Gasteiger partial charge in [-0.3, -0.25) is 4.99 Å². The molecule has 5 nitrogen and oxygen atoms in total. The predicted molar refractivity (Wildman–Crippen MR) is 103 cm³/mol. The van der Waals surface area contributed by atoms with Crippen LogP contribution in [0.25, 0.3) is 0 Å². The molecule has 3 rings (SSSR count). The summed E-state index contributed by atoms with van der Waals surface area (Å²) in [5, 5.41) is 3.58. The average molecular weight is 345 g/mol. The fraction of sp³-hybridized carbons (Fsp3) is 0.650. The van der Waals surface area contributed by atoms with E-state index >= 15 is 0 Å². The second kappa shape index (κ2) is 9.20. The van der Waals surface area contributed by atoms with Crippen LogP contribution in [0, 0.1) is 5.92 Å². The number of aliphatic imine (C=N–C) groups is 1. The molecule has 25 heavy (non-hydrogen) atoms. The number of guanidine groups is 1. The highest BCUT2D eigenvalue weighted by Gasteiger charge is 2.26. The maximum Gasteiger partial charge on any atom is 0.193 e. The third-order valence-electron chi connectivity index (χ3n) is 5.43. The summed E-state index contributed by atoms with van der Waals surface area (Å²) in [7, 11) is 4.11. The Kier molecular flexibility index (Phi) is 6.70. The highest BCUT2D eigenvalue weighted by atomic mass is 16.5. The summed E-state index contributed by atoms with van der Waals surface area (Å²) in [6.45, 7) is 5.85. The van der Waals surface area contributed by atoms with Gasteiger partial charge in [-0.05, 0) is 38.4 Å². The number of hydrogen-bond acceptors (Lipinski definition) is 3. The summed E-state index contributed by atoms with van der Waals surface area (Å²) < 4.78 is 5.93. The molecule has 2 heterocycles. The van der Waals surface area contributed by atoms with Gasteiger partial charge < -0.3 is 19.9 Å². The van der Waals surface area contributed by atoms with Crippen LogP contribution in [-0.2, 0) is 11.3 Å². The third-order valence-corrected chi connectivity index (χ3v) is 5.43. The molecule has 5 heteroatoms. The molecule has 2 fully saturated rings. The van der Waals surface area contributed by atoms with Gasteiger partial charge in [0, 0.05) is 38.6 Å². The van der Waals surface area contributed by atoms with Gasteiger partial charge >= 0.3 is 0 Å². The van der Waals surface area contributed by atoms with E-state index in [1.807, 2.05) is 13.1 Å². The normalized spacial score (nSPS) is 24.9. The Morgan fingerprint density at radius 1 is 1.24 bits per heavy atom. The Morgan fingerprint density at radius 2 is 2.08 bits per heavy atom. The molecule has 0 aliphatic carbocycles. The monoisotopic (exact) mass is 344 g/mol. The van der Waals surface area contributed by atoms with Crippen molar-refractivity contribution < 1.29 is 4.74 Å². The van der Waals surface area contributed by atoms with Crippen molar-refractivity contribution in [3.8, 4) is 0 Å². The summed E-state index contributed by atoms with van der Waals surface area (Å²) in [4.78, 5) is 9.32. The standard InChI is InChI=1S/C20H32N4O/c1-21-20(22-13-19-9-6-11-23(19)2)24-12-10-18(14-24)16-25-15-17-7-4-3-5-8-17/h3-5,7-8,18-19H,6,9-16H2,1-2H3,(H,21,22). The summed E-state index contributed by atoms with van der Waals surface area (Å²) in [5.41, 5.74) is 1.25. The molecule has 2 atom stereocenters. The number of rotatable bonds is 6. The fourth-order valence-corrected chi connectivity index (χ4v) is 3.86. The van der Waals surface area contributed by atoms with E-state index in [-0.39, 0.29) is 0 Å². The molecule has 2 aliphatic rings. The van der Waals surface area contributed by atoms with Crippen LogP contribution in [0.15, 0.2) is 35.3 Å². The van der Waals surface area contributed by atoms with E-state index in [0.717, 1.165) is 32.2 Å². The molecular formula is C20H32N4O. The van der Waals surface area contributed by atoms with E-state index in [0.29, 0.717) is 18.6 Å². The van der Waals surface area contributed by atoms with Gasteiger partial charge in [-0.1, -0.05) is 30.3 Å². The van der Waals surface area contributed by atoms with E-state index in [4.69, 9.17) is 4.74 Å². The van der Waals surface area contributed by atoms with E-state index in [1.54, 1.807) is 0 Å². The van der Waals surface area contributed by atoms with Crippen molar-refractivity contribution in [1.29, 1.82) is 0 Å². The first-order chi connectivity index (χ1) is 12.3. The van der Waals surface area contributed by atoms with Gasteiger partial charge in [-0.25, -0.2) is 0 Å². The van der Waals surface area contributed by atoms with E-state index < -0.39 is 0 Å². The van der Waals surface area contributed by atoms with Gasteiger partial charge in [0.15, 0.2) is 5.96 Å². The largest absolute Gasteiger partial charge is 0.376 e. The van der Waals surface area contributed by atoms with Crippen LogP contribution in [0.5, 0.6) is 0 Å². The number of nitrogens with one attached hydrogen (secondary N) is 1. The highest BCUT2D eigenvalue weighted by molar-refractivity contribution is 5.80. The lowest BCUT2D eigenvalue weighted by atomic mass is 10.1. The first-order valence-corrected chi connectivity index (χ1v) is 9.53. The molecule has 2 aliphatic heterocycles. The topological polar surface area (TPSA) is 40.1 Å². The quantitative estimate of drug-likeness (QED) is 0.634. The molecule has 0 bridgehead atoms. The number of nitrogens with zero attached hydrogens (tertiary/aromatic N) is 3. The van der Waals surface area contributed by atoms with Crippen molar-refractivity contribution in [2.24, 2.45) is 10.9 Å². The van der Waals surface area contributed by atoms with Crippen molar-refractivity contribution in [1.82, 2.24) is 15.1 Å². The maximum atomic E-state index is 5.93. The summed E-state index contributed by atoms with van der Waals surface area (Å²) in [6, 6.07) is 11.0. The Labute approximate surface area is 152 Å². The molecule has 2 unspecified atom stereocenters. The lowest BCUT2D eigenvalue weighted by Gasteiger charge is -2.25. The van der Waals surface area contributed by atoms with E-state index in [1.165, 1.54) is 31.4 Å². The second-order valence-electron chi connectivity index (χ2n) is 7.31. The van der Waals surface area contributed by atoms with Crippen LogP contribution in [0.2, 0.25) is 0 Å². The van der Waals surface area contributed by atoms with E-state index in [2.05, 4.69) is 51.4 Å². The zero-order chi connectivity index (χ0) is 17.5.